The topological polar surface area (TPSA) is 61.4 Å². The van der Waals surface area contributed by atoms with E-state index in [0.717, 1.165) is 30.9 Å². The highest BCUT2D eigenvalue weighted by atomic mass is 32.2. The van der Waals surface area contributed by atoms with E-state index in [0.29, 0.717) is 25.0 Å². The van der Waals surface area contributed by atoms with Gasteiger partial charge in [-0.25, -0.2) is 0 Å². The Morgan fingerprint density at radius 2 is 2.05 bits per heavy atom. The van der Waals surface area contributed by atoms with Crippen LogP contribution in [0.2, 0.25) is 0 Å². The first kappa shape index (κ1) is 19.2. The van der Waals surface area contributed by atoms with E-state index >= 15 is 0 Å². The minimum Gasteiger partial charge on any atom is -0.314 e. The van der Waals surface area contributed by atoms with Crippen LogP contribution in [0.25, 0.3) is 0 Å². The Morgan fingerprint density at radius 3 is 2.67 bits per heavy atom. The molecular formula is C14H31N3O2S2. The lowest BCUT2D eigenvalue weighted by molar-refractivity contribution is 0.253. The summed E-state index contributed by atoms with van der Waals surface area (Å²) in [7, 11) is -3.34. The Kier molecular flexibility index (Phi) is 8.56. The Bertz CT molecular complexity index is 388. The first-order chi connectivity index (χ1) is 9.85. The molecule has 7 heteroatoms. The summed E-state index contributed by atoms with van der Waals surface area (Å²) in [6, 6.07) is 0.426. The van der Waals surface area contributed by atoms with Gasteiger partial charge in [-0.3, -0.25) is 0 Å². The molecule has 2 atom stereocenters. The molecule has 1 fully saturated rings. The predicted octanol–water partition coefficient (Wildman–Crippen LogP) is 1.67. The van der Waals surface area contributed by atoms with Gasteiger partial charge in [0.15, 0.2) is 0 Å². The van der Waals surface area contributed by atoms with Crippen molar-refractivity contribution in [1.29, 1.82) is 0 Å². The summed E-state index contributed by atoms with van der Waals surface area (Å²) in [5.41, 5.74) is 0. The number of thioether (sulfide) groups is 1. The van der Waals surface area contributed by atoms with Crippen LogP contribution in [0.15, 0.2) is 0 Å². The summed E-state index contributed by atoms with van der Waals surface area (Å²) < 4.78 is 29.3. The van der Waals surface area contributed by atoms with E-state index in [9.17, 15) is 8.42 Å². The minimum absolute atomic E-state index is 0.0193. The molecular weight excluding hydrogens is 306 g/mol. The highest BCUT2D eigenvalue weighted by molar-refractivity contribution is 7.99. The third-order valence-electron chi connectivity index (χ3n) is 3.56. The molecule has 1 rings (SSSR count). The highest BCUT2D eigenvalue weighted by Gasteiger charge is 2.29. The normalized spacial score (nSPS) is 22.6. The van der Waals surface area contributed by atoms with Crippen molar-refractivity contribution in [3.63, 3.8) is 0 Å². The molecule has 0 radical (unpaired) electrons. The molecule has 5 nitrogen and oxygen atoms in total. The monoisotopic (exact) mass is 337 g/mol. The van der Waals surface area contributed by atoms with Crippen LogP contribution in [0.1, 0.15) is 40.5 Å². The zero-order valence-corrected chi connectivity index (χ0v) is 15.4. The van der Waals surface area contributed by atoms with Gasteiger partial charge in [0.1, 0.15) is 0 Å². The minimum atomic E-state index is -3.34. The fourth-order valence-electron chi connectivity index (χ4n) is 2.47. The molecule has 1 heterocycles. The second-order valence-electron chi connectivity index (χ2n) is 6.11. The molecule has 0 aliphatic carbocycles. The molecule has 1 aliphatic heterocycles. The van der Waals surface area contributed by atoms with Crippen LogP contribution in [-0.4, -0.2) is 55.9 Å². The number of piperidine rings is 1. The predicted molar refractivity (Wildman–Crippen MR) is 92.0 cm³/mol. The quantitative estimate of drug-likeness (QED) is 0.672. The van der Waals surface area contributed by atoms with E-state index in [1.807, 2.05) is 6.92 Å². The number of hydrogen-bond donors (Lipinski definition) is 2. The summed E-state index contributed by atoms with van der Waals surface area (Å²) in [5, 5.41) is 3.41. The molecule has 0 bridgehead atoms. The Labute approximate surface area is 134 Å². The molecule has 1 aliphatic rings. The van der Waals surface area contributed by atoms with Crippen LogP contribution >= 0.6 is 11.8 Å². The number of hydrogen-bond acceptors (Lipinski definition) is 4. The fraction of sp³-hybridized carbons (Fsp3) is 1.00. The van der Waals surface area contributed by atoms with E-state index in [-0.39, 0.29) is 6.04 Å². The molecule has 0 aromatic heterocycles. The Morgan fingerprint density at radius 1 is 1.33 bits per heavy atom. The smallest absolute Gasteiger partial charge is 0.279 e. The van der Waals surface area contributed by atoms with Crippen molar-refractivity contribution >= 4 is 22.0 Å². The van der Waals surface area contributed by atoms with Crippen molar-refractivity contribution in [3.05, 3.63) is 0 Å². The fourth-order valence-corrected chi connectivity index (χ4v) is 4.77. The van der Waals surface area contributed by atoms with Gasteiger partial charge >= 0.3 is 0 Å². The second-order valence-corrected chi connectivity index (χ2v) is 9.13. The van der Waals surface area contributed by atoms with E-state index in [4.69, 9.17) is 0 Å². The zero-order valence-electron chi connectivity index (χ0n) is 13.8. The van der Waals surface area contributed by atoms with Crippen LogP contribution < -0.4 is 10.0 Å². The van der Waals surface area contributed by atoms with E-state index in [1.165, 1.54) is 0 Å². The molecule has 21 heavy (non-hydrogen) atoms. The van der Waals surface area contributed by atoms with Crippen LogP contribution in [0.3, 0.4) is 0 Å². The maximum atomic E-state index is 12.4. The van der Waals surface area contributed by atoms with Crippen LogP contribution in [0.4, 0.5) is 0 Å². The molecule has 0 saturated carbocycles. The number of nitrogens with one attached hydrogen (secondary N) is 2. The average molecular weight is 338 g/mol. The van der Waals surface area contributed by atoms with Gasteiger partial charge in [-0.05, 0) is 38.0 Å². The third kappa shape index (κ3) is 7.32. The summed E-state index contributed by atoms with van der Waals surface area (Å²) in [6.07, 6.45) is 2.05. The van der Waals surface area contributed by atoms with E-state index in [2.05, 4.69) is 30.8 Å². The molecule has 0 aromatic carbocycles. The van der Waals surface area contributed by atoms with Crippen LogP contribution in [0, 0.1) is 5.92 Å². The molecule has 0 spiro atoms. The first-order valence-corrected chi connectivity index (χ1v) is 10.5. The van der Waals surface area contributed by atoms with Crippen molar-refractivity contribution in [2.75, 3.05) is 31.1 Å². The van der Waals surface area contributed by atoms with Gasteiger partial charge in [0.2, 0.25) is 0 Å². The van der Waals surface area contributed by atoms with Crippen molar-refractivity contribution < 1.29 is 8.42 Å². The van der Waals surface area contributed by atoms with Gasteiger partial charge in [-0.2, -0.15) is 29.2 Å². The Hall–Kier alpha value is 0.180. The van der Waals surface area contributed by atoms with Gasteiger partial charge < -0.3 is 5.32 Å². The van der Waals surface area contributed by atoms with Gasteiger partial charge in [-0.15, -0.1) is 0 Å². The van der Waals surface area contributed by atoms with Crippen molar-refractivity contribution in [3.8, 4) is 0 Å². The molecule has 1 saturated heterocycles. The molecule has 126 valence electrons. The van der Waals surface area contributed by atoms with Gasteiger partial charge in [0.05, 0.1) is 0 Å². The van der Waals surface area contributed by atoms with Gasteiger partial charge in [0, 0.05) is 30.9 Å². The standard InChI is InChI=1S/C14H31N3O2S2/c1-5-20-11-13(4)16-21(18,19)17-8-6-7-14(10-17)9-15-12(2)3/h12-16H,5-11H2,1-4H3. The molecule has 2 N–H and O–H groups in total. The maximum Gasteiger partial charge on any atom is 0.279 e. The summed E-state index contributed by atoms with van der Waals surface area (Å²) >= 11 is 1.76. The largest absolute Gasteiger partial charge is 0.314 e. The van der Waals surface area contributed by atoms with Crippen molar-refractivity contribution in [2.24, 2.45) is 5.92 Å². The van der Waals surface area contributed by atoms with Crippen molar-refractivity contribution in [2.45, 2.75) is 52.6 Å². The average Bonchev–Trinajstić information content (AvgIpc) is 2.43. The first-order valence-electron chi connectivity index (χ1n) is 7.93. The van der Waals surface area contributed by atoms with Crippen molar-refractivity contribution in [1.82, 2.24) is 14.3 Å². The van der Waals surface area contributed by atoms with Crippen LogP contribution in [-0.2, 0) is 10.2 Å². The number of nitrogens with zero attached hydrogens (tertiary/aromatic N) is 1. The lowest BCUT2D eigenvalue weighted by Crippen LogP contribution is -2.50. The molecule has 2 unspecified atom stereocenters. The summed E-state index contributed by atoms with van der Waals surface area (Å²) in [6.45, 7) is 10.4. The summed E-state index contributed by atoms with van der Waals surface area (Å²) in [4.78, 5) is 0. The van der Waals surface area contributed by atoms with E-state index in [1.54, 1.807) is 16.1 Å². The lowest BCUT2D eigenvalue weighted by atomic mass is 9.99. The maximum absolute atomic E-state index is 12.4. The molecule has 0 amide bonds. The highest BCUT2D eigenvalue weighted by Crippen LogP contribution is 2.18. The SMILES string of the molecule is CCSCC(C)NS(=O)(=O)N1CCCC(CNC(C)C)C1. The summed E-state index contributed by atoms with van der Waals surface area (Å²) in [5.74, 6) is 2.25. The zero-order chi connectivity index (χ0) is 15.9. The lowest BCUT2D eigenvalue weighted by Gasteiger charge is -2.33. The second kappa shape index (κ2) is 9.35. The third-order valence-corrected chi connectivity index (χ3v) is 6.41. The van der Waals surface area contributed by atoms with Crippen LogP contribution in [0.5, 0.6) is 0 Å². The Balaban J connectivity index is 2.49. The molecule has 0 aromatic rings. The van der Waals surface area contributed by atoms with Gasteiger partial charge in [0.25, 0.3) is 10.2 Å². The van der Waals surface area contributed by atoms with Gasteiger partial charge in [-0.1, -0.05) is 20.8 Å². The van der Waals surface area contributed by atoms with E-state index < -0.39 is 10.2 Å². The number of rotatable bonds is 9.